The first-order valence-electron chi connectivity index (χ1n) is 5.57. The minimum absolute atomic E-state index is 0.275. The lowest BCUT2D eigenvalue weighted by atomic mass is 9.84. The summed E-state index contributed by atoms with van der Waals surface area (Å²) < 4.78 is 0. The molecule has 14 heavy (non-hydrogen) atoms. The Hall–Kier alpha value is -0.890. The zero-order chi connectivity index (χ0) is 9.43. The number of nitrogens with zero attached hydrogens (tertiary/aromatic N) is 1. The van der Waals surface area contributed by atoms with Crippen molar-refractivity contribution in [3.63, 3.8) is 0 Å². The number of piperidine rings is 1. The number of aromatic nitrogens is 1. The van der Waals surface area contributed by atoms with Crippen molar-refractivity contribution >= 4 is 0 Å². The van der Waals surface area contributed by atoms with Crippen molar-refractivity contribution in [2.45, 2.75) is 43.7 Å². The highest BCUT2D eigenvalue weighted by molar-refractivity contribution is 5.24. The van der Waals surface area contributed by atoms with E-state index in [-0.39, 0.29) is 5.54 Å². The second kappa shape index (κ2) is 3.06. The summed E-state index contributed by atoms with van der Waals surface area (Å²) in [6, 6.07) is 5.03. The van der Waals surface area contributed by atoms with Crippen molar-refractivity contribution in [2.24, 2.45) is 0 Å². The van der Waals surface area contributed by atoms with Gasteiger partial charge in [-0.05, 0) is 43.7 Å². The summed E-state index contributed by atoms with van der Waals surface area (Å²) in [6.45, 7) is 0. The van der Waals surface area contributed by atoms with Gasteiger partial charge in [-0.15, -0.1) is 0 Å². The fourth-order valence-electron chi connectivity index (χ4n) is 3.04. The van der Waals surface area contributed by atoms with E-state index in [9.17, 15) is 0 Å². The molecule has 2 atom stereocenters. The lowest BCUT2D eigenvalue weighted by molar-refractivity contribution is 0.280. The maximum Gasteiger partial charge on any atom is 0.0452 e. The van der Waals surface area contributed by atoms with Crippen LogP contribution in [0.15, 0.2) is 24.5 Å². The molecule has 0 saturated carbocycles. The van der Waals surface area contributed by atoms with Crippen LogP contribution in [0.2, 0.25) is 0 Å². The van der Waals surface area contributed by atoms with E-state index in [0.29, 0.717) is 0 Å². The fraction of sp³-hybridized carbons (Fsp3) is 0.583. The normalized spacial score (nSPS) is 35.9. The Balaban J connectivity index is 1.97. The number of pyridine rings is 1. The van der Waals surface area contributed by atoms with Gasteiger partial charge in [-0.2, -0.15) is 0 Å². The molecule has 1 aromatic rings. The lowest BCUT2D eigenvalue weighted by Crippen LogP contribution is -2.43. The van der Waals surface area contributed by atoms with Crippen LogP contribution in [0.1, 0.15) is 37.7 Å². The van der Waals surface area contributed by atoms with Crippen LogP contribution in [0.25, 0.3) is 0 Å². The second-order valence-electron chi connectivity index (χ2n) is 4.60. The highest BCUT2D eigenvalue weighted by atomic mass is 15.1. The Labute approximate surface area is 84.7 Å². The summed E-state index contributed by atoms with van der Waals surface area (Å²) in [4.78, 5) is 4.23. The van der Waals surface area contributed by atoms with Gasteiger partial charge in [0.05, 0.1) is 0 Å². The second-order valence-corrected chi connectivity index (χ2v) is 4.60. The summed E-state index contributed by atoms with van der Waals surface area (Å²) in [6.07, 6.45) is 10.5. The molecule has 2 bridgehead atoms. The molecule has 3 heterocycles. The molecule has 2 nitrogen and oxygen atoms in total. The molecule has 74 valence electrons. The van der Waals surface area contributed by atoms with Gasteiger partial charge in [0, 0.05) is 24.0 Å². The van der Waals surface area contributed by atoms with E-state index < -0.39 is 0 Å². The van der Waals surface area contributed by atoms with Gasteiger partial charge in [-0.1, -0.05) is 6.07 Å². The third-order valence-electron chi connectivity index (χ3n) is 3.77. The van der Waals surface area contributed by atoms with Crippen molar-refractivity contribution in [3.8, 4) is 0 Å². The molecule has 0 aromatic carbocycles. The molecule has 0 radical (unpaired) electrons. The molecule has 2 fully saturated rings. The van der Waals surface area contributed by atoms with Crippen LogP contribution < -0.4 is 5.32 Å². The van der Waals surface area contributed by atoms with E-state index in [2.05, 4.69) is 16.4 Å². The van der Waals surface area contributed by atoms with Crippen molar-refractivity contribution in [1.29, 1.82) is 0 Å². The highest BCUT2D eigenvalue weighted by Gasteiger charge is 2.42. The van der Waals surface area contributed by atoms with Crippen molar-refractivity contribution in [1.82, 2.24) is 10.3 Å². The Morgan fingerprint density at radius 1 is 1.36 bits per heavy atom. The predicted octanol–water partition coefficient (Wildman–Crippen LogP) is 2.21. The van der Waals surface area contributed by atoms with Crippen LogP contribution in [-0.2, 0) is 5.54 Å². The van der Waals surface area contributed by atoms with Crippen LogP contribution >= 0.6 is 0 Å². The summed E-state index contributed by atoms with van der Waals surface area (Å²) in [7, 11) is 0. The van der Waals surface area contributed by atoms with Gasteiger partial charge in [0.15, 0.2) is 0 Å². The maximum atomic E-state index is 4.23. The first-order chi connectivity index (χ1) is 6.89. The Kier molecular flexibility index (Phi) is 1.84. The zero-order valence-electron chi connectivity index (χ0n) is 8.37. The monoisotopic (exact) mass is 188 g/mol. The number of fused-ring (bicyclic) bond motifs is 2. The molecule has 0 spiro atoms. The maximum absolute atomic E-state index is 4.23. The molecule has 0 unspecified atom stereocenters. The third kappa shape index (κ3) is 1.17. The zero-order valence-corrected chi connectivity index (χ0v) is 8.37. The van der Waals surface area contributed by atoms with Gasteiger partial charge in [-0.3, -0.25) is 4.98 Å². The average Bonchev–Trinajstić information content (AvgIpc) is 2.57. The molecule has 2 aliphatic heterocycles. The molecule has 3 rings (SSSR count). The van der Waals surface area contributed by atoms with E-state index in [0.717, 1.165) is 6.04 Å². The van der Waals surface area contributed by atoms with E-state index in [1.807, 2.05) is 18.5 Å². The molecular weight excluding hydrogens is 172 g/mol. The third-order valence-corrected chi connectivity index (χ3v) is 3.77. The molecule has 0 aliphatic carbocycles. The van der Waals surface area contributed by atoms with Crippen molar-refractivity contribution < 1.29 is 0 Å². The smallest absolute Gasteiger partial charge is 0.0452 e. The lowest BCUT2D eigenvalue weighted by Gasteiger charge is -2.34. The summed E-state index contributed by atoms with van der Waals surface area (Å²) >= 11 is 0. The minimum atomic E-state index is 0.275. The van der Waals surface area contributed by atoms with Crippen LogP contribution in [0.3, 0.4) is 0 Å². The standard InChI is InChI=1S/C12H16N2/c1-4-11-5-7-12(6-1,14-11)10-3-2-8-13-9-10/h2-3,8-9,11,14H,1,4-7H2/t11-,12+/m0/s1. The van der Waals surface area contributed by atoms with Gasteiger partial charge >= 0.3 is 0 Å². The van der Waals surface area contributed by atoms with E-state index >= 15 is 0 Å². The SMILES string of the molecule is c1cncc([C@@]23CCC[C@@H](CC2)N3)c1. The molecule has 2 aliphatic rings. The van der Waals surface area contributed by atoms with Crippen LogP contribution in [0, 0.1) is 0 Å². The Morgan fingerprint density at radius 3 is 3.21 bits per heavy atom. The largest absolute Gasteiger partial charge is 0.305 e. The number of hydrogen-bond donors (Lipinski definition) is 1. The quantitative estimate of drug-likeness (QED) is 0.731. The molecule has 1 aromatic heterocycles. The first kappa shape index (κ1) is 8.42. The molecule has 2 heteroatoms. The van der Waals surface area contributed by atoms with Crippen LogP contribution in [0.4, 0.5) is 0 Å². The van der Waals surface area contributed by atoms with E-state index in [1.54, 1.807) is 0 Å². The first-order valence-corrected chi connectivity index (χ1v) is 5.57. The minimum Gasteiger partial charge on any atom is -0.305 e. The molecular formula is C12H16N2. The summed E-state index contributed by atoms with van der Waals surface area (Å²) in [5, 5.41) is 3.78. The van der Waals surface area contributed by atoms with E-state index in [4.69, 9.17) is 0 Å². The van der Waals surface area contributed by atoms with Gasteiger partial charge < -0.3 is 5.32 Å². The van der Waals surface area contributed by atoms with Crippen LogP contribution in [0.5, 0.6) is 0 Å². The number of hydrogen-bond acceptors (Lipinski definition) is 2. The van der Waals surface area contributed by atoms with Crippen molar-refractivity contribution in [3.05, 3.63) is 30.1 Å². The highest BCUT2D eigenvalue weighted by Crippen LogP contribution is 2.42. The Bertz CT molecular complexity index is 318. The summed E-state index contributed by atoms with van der Waals surface area (Å²) in [5.41, 5.74) is 1.67. The molecule has 1 N–H and O–H groups in total. The average molecular weight is 188 g/mol. The molecule has 2 saturated heterocycles. The topological polar surface area (TPSA) is 24.9 Å². The predicted molar refractivity (Wildman–Crippen MR) is 55.9 cm³/mol. The van der Waals surface area contributed by atoms with Gasteiger partial charge in [0.1, 0.15) is 0 Å². The van der Waals surface area contributed by atoms with Gasteiger partial charge in [0.25, 0.3) is 0 Å². The van der Waals surface area contributed by atoms with Crippen molar-refractivity contribution in [2.75, 3.05) is 0 Å². The molecule has 0 amide bonds. The number of rotatable bonds is 1. The summed E-state index contributed by atoms with van der Waals surface area (Å²) in [5.74, 6) is 0. The van der Waals surface area contributed by atoms with E-state index in [1.165, 1.54) is 37.7 Å². The van der Waals surface area contributed by atoms with Gasteiger partial charge in [-0.25, -0.2) is 0 Å². The number of nitrogens with one attached hydrogen (secondary N) is 1. The fourth-order valence-corrected chi connectivity index (χ4v) is 3.04. The Morgan fingerprint density at radius 2 is 2.36 bits per heavy atom. The van der Waals surface area contributed by atoms with Gasteiger partial charge in [0.2, 0.25) is 0 Å². The van der Waals surface area contributed by atoms with Crippen LogP contribution in [-0.4, -0.2) is 11.0 Å².